The van der Waals surface area contributed by atoms with Gasteiger partial charge in [0.05, 0.1) is 0 Å². The van der Waals surface area contributed by atoms with Crippen LogP contribution in [-0.2, 0) is 4.79 Å². The van der Waals surface area contributed by atoms with Gasteiger partial charge in [0.2, 0.25) is 0 Å². The molecule has 1 saturated carbocycles. The first-order valence-electron chi connectivity index (χ1n) is 4.30. The van der Waals surface area contributed by atoms with Crippen LogP contribution in [0.2, 0.25) is 0 Å². The molecule has 0 aromatic rings. The zero-order chi connectivity index (χ0) is 7.40. The monoisotopic (exact) mass is 140 g/mol. The molecule has 1 aliphatic carbocycles. The molecule has 0 radical (unpaired) electrons. The molecular formula is C9H16O. The van der Waals surface area contributed by atoms with Crippen molar-refractivity contribution < 1.29 is 4.79 Å². The maximum absolute atomic E-state index is 10.4. The highest BCUT2D eigenvalue weighted by Gasteiger charge is 2.18. The average Bonchev–Trinajstić information content (AvgIpc) is 2.05. The molecule has 58 valence electrons. The Hall–Kier alpha value is -0.330. The molecule has 0 saturated heterocycles. The van der Waals surface area contributed by atoms with Gasteiger partial charge in [0.25, 0.3) is 0 Å². The lowest BCUT2D eigenvalue weighted by molar-refractivity contribution is -0.112. The predicted octanol–water partition coefficient (Wildman–Crippen LogP) is 2.40. The van der Waals surface area contributed by atoms with Crippen LogP contribution in [0.1, 0.15) is 39.0 Å². The highest BCUT2D eigenvalue weighted by molar-refractivity contribution is 5.53. The SMILES string of the molecule is C[C@H](C=O)C1CCCCC1. The van der Waals surface area contributed by atoms with E-state index in [1.807, 2.05) is 6.92 Å². The Balaban J connectivity index is 2.30. The first-order chi connectivity index (χ1) is 4.84. The van der Waals surface area contributed by atoms with Gasteiger partial charge in [-0.3, -0.25) is 0 Å². The maximum atomic E-state index is 10.4. The van der Waals surface area contributed by atoms with Gasteiger partial charge in [-0.15, -0.1) is 0 Å². The highest BCUT2D eigenvalue weighted by atomic mass is 16.1. The quantitative estimate of drug-likeness (QED) is 0.538. The molecule has 0 aliphatic heterocycles. The fraction of sp³-hybridized carbons (Fsp3) is 0.889. The molecule has 1 fully saturated rings. The smallest absolute Gasteiger partial charge is 0.123 e. The fourth-order valence-corrected chi connectivity index (χ4v) is 1.77. The second kappa shape index (κ2) is 3.75. The van der Waals surface area contributed by atoms with Gasteiger partial charge in [0.1, 0.15) is 6.29 Å². The molecule has 0 unspecified atom stereocenters. The second-order valence-electron chi connectivity index (χ2n) is 3.39. The number of aldehydes is 1. The summed E-state index contributed by atoms with van der Waals surface area (Å²) in [5, 5.41) is 0. The average molecular weight is 140 g/mol. The number of hydrogen-bond acceptors (Lipinski definition) is 1. The van der Waals surface area contributed by atoms with Gasteiger partial charge < -0.3 is 4.79 Å². The van der Waals surface area contributed by atoms with E-state index in [1.54, 1.807) is 0 Å². The Kier molecular flexibility index (Phi) is 2.91. The Morgan fingerprint density at radius 1 is 1.30 bits per heavy atom. The summed E-state index contributed by atoms with van der Waals surface area (Å²) in [5.74, 6) is 1.01. The van der Waals surface area contributed by atoms with Gasteiger partial charge >= 0.3 is 0 Å². The Labute approximate surface area is 62.8 Å². The van der Waals surface area contributed by atoms with Gasteiger partial charge in [0.15, 0.2) is 0 Å². The molecule has 1 aliphatic rings. The predicted molar refractivity (Wildman–Crippen MR) is 41.8 cm³/mol. The van der Waals surface area contributed by atoms with E-state index < -0.39 is 0 Å². The molecule has 0 amide bonds. The van der Waals surface area contributed by atoms with E-state index in [2.05, 4.69) is 0 Å². The summed E-state index contributed by atoms with van der Waals surface area (Å²) >= 11 is 0. The number of hydrogen-bond donors (Lipinski definition) is 0. The molecule has 0 bridgehead atoms. The van der Waals surface area contributed by atoms with E-state index in [0.717, 1.165) is 6.29 Å². The van der Waals surface area contributed by atoms with Gasteiger partial charge in [-0.05, 0) is 18.8 Å². The van der Waals surface area contributed by atoms with Crippen molar-refractivity contribution in [2.75, 3.05) is 0 Å². The Morgan fingerprint density at radius 2 is 1.90 bits per heavy atom. The van der Waals surface area contributed by atoms with E-state index in [1.165, 1.54) is 32.1 Å². The minimum absolute atomic E-state index is 0.306. The molecule has 0 N–H and O–H groups in total. The van der Waals surface area contributed by atoms with Crippen LogP contribution in [0.3, 0.4) is 0 Å². The summed E-state index contributed by atoms with van der Waals surface area (Å²) in [7, 11) is 0. The second-order valence-corrected chi connectivity index (χ2v) is 3.39. The lowest BCUT2D eigenvalue weighted by atomic mass is 9.82. The van der Waals surface area contributed by atoms with Crippen LogP contribution in [0.25, 0.3) is 0 Å². The minimum Gasteiger partial charge on any atom is -0.303 e. The van der Waals surface area contributed by atoms with E-state index in [0.29, 0.717) is 11.8 Å². The van der Waals surface area contributed by atoms with E-state index in [-0.39, 0.29) is 0 Å². The molecule has 0 aromatic carbocycles. The van der Waals surface area contributed by atoms with Crippen molar-refractivity contribution in [2.24, 2.45) is 11.8 Å². The lowest BCUT2D eigenvalue weighted by Gasteiger charge is -2.23. The fourth-order valence-electron chi connectivity index (χ4n) is 1.77. The number of carbonyl (C=O) groups is 1. The van der Waals surface area contributed by atoms with Crippen molar-refractivity contribution in [3.8, 4) is 0 Å². The molecule has 1 heteroatoms. The third-order valence-corrected chi connectivity index (χ3v) is 2.61. The van der Waals surface area contributed by atoms with Gasteiger partial charge in [-0.25, -0.2) is 0 Å². The summed E-state index contributed by atoms with van der Waals surface area (Å²) in [5.41, 5.74) is 0. The summed E-state index contributed by atoms with van der Waals surface area (Å²) in [4.78, 5) is 10.4. The summed E-state index contributed by atoms with van der Waals surface area (Å²) < 4.78 is 0. The van der Waals surface area contributed by atoms with Crippen molar-refractivity contribution in [3.63, 3.8) is 0 Å². The van der Waals surface area contributed by atoms with Crippen molar-refractivity contribution in [1.29, 1.82) is 0 Å². The van der Waals surface area contributed by atoms with E-state index in [4.69, 9.17) is 0 Å². The van der Waals surface area contributed by atoms with Gasteiger partial charge in [0, 0.05) is 5.92 Å². The maximum Gasteiger partial charge on any atom is 0.123 e. The van der Waals surface area contributed by atoms with Crippen LogP contribution in [-0.4, -0.2) is 6.29 Å². The van der Waals surface area contributed by atoms with Crippen molar-refractivity contribution in [2.45, 2.75) is 39.0 Å². The largest absolute Gasteiger partial charge is 0.303 e. The van der Waals surface area contributed by atoms with Crippen LogP contribution in [0.15, 0.2) is 0 Å². The lowest BCUT2D eigenvalue weighted by Crippen LogP contribution is -2.15. The molecule has 0 aromatic heterocycles. The van der Waals surface area contributed by atoms with Crippen LogP contribution < -0.4 is 0 Å². The highest BCUT2D eigenvalue weighted by Crippen LogP contribution is 2.28. The third-order valence-electron chi connectivity index (χ3n) is 2.61. The standard InChI is InChI=1S/C9H16O/c1-8(7-10)9-5-3-2-4-6-9/h7-9H,2-6H2,1H3/t8-/m1/s1. The van der Waals surface area contributed by atoms with E-state index in [9.17, 15) is 4.79 Å². The molecule has 1 atom stereocenters. The number of rotatable bonds is 2. The van der Waals surface area contributed by atoms with Crippen molar-refractivity contribution in [1.82, 2.24) is 0 Å². The molecular weight excluding hydrogens is 124 g/mol. The van der Waals surface area contributed by atoms with Crippen LogP contribution in [0, 0.1) is 11.8 Å². The third kappa shape index (κ3) is 1.83. The van der Waals surface area contributed by atoms with Crippen LogP contribution in [0.4, 0.5) is 0 Å². The zero-order valence-corrected chi connectivity index (χ0v) is 6.68. The van der Waals surface area contributed by atoms with Crippen LogP contribution >= 0.6 is 0 Å². The molecule has 1 rings (SSSR count). The van der Waals surface area contributed by atoms with Crippen molar-refractivity contribution in [3.05, 3.63) is 0 Å². The van der Waals surface area contributed by atoms with Crippen LogP contribution in [0.5, 0.6) is 0 Å². The summed E-state index contributed by atoms with van der Waals surface area (Å²) in [6, 6.07) is 0. The Morgan fingerprint density at radius 3 is 2.40 bits per heavy atom. The Bertz CT molecular complexity index is 103. The normalized spacial score (nSPS) is 24.1. The topological polar surface area (TPSA) is 17.1 Å². The van der Waals surface area contributed by atoms with Crippen molar-refractivity contribution >= 4 is 6.29 Å². The molecule has 0 heterocycles. The first-order valence-corrected chi connectivity index (χ1v) is 4.30. The summed E-state index contributed by atoms with van der Waals surface area (Å²) in [6.07, 6.45) is 7.71. The first kappa shape index (κ1) is 7.77. The van der Waals surface area contributed by atoms with E-state index >= 15 is 0 Å². The molecule has 1 nitrogen and oxygen atoms in total. The van der Waals surface area contributed by atoms with Gasteiger partial charge in [-0.2, -0.15) is 0 Å². The summed E-state index contributed by atoms with van der Waals surface area (Å²) in [6.45, 7) is 2.04. The number of carbonyl (C=O) groups excluding carboxylic acids is 1. The molecule has 10 heavy (non-hydrogen) atoms. The molecule has 0 spiro atoms. The minimum atomic E-state index is 0.306. The van der Waals surface area contributed by atoms with Gasteiger partial charge in [-0.1, -0.05) is 26.2 Å². The zero-order valence-electron chi connectivity index (χ0n) is 6.68.